The summed E-state index contributed by atoms with van der Waals surface area (Å²) in [5.74, 6) is -0.422. The molecule has 0 unspecified atom stereocenters. The lowest BCUT2D eigenvalue weighted by atomic mass is 10.1. The van der Waals surface area contributed by atoms with Crippen LogP contribution in [0.3, 0.4) is 0 Å². The van der Waals surface area contributed by atoms with Gasteiger partial charge >= 0.3 is 5.97 Å². The number of carbonyl (C=O) groups excluding carboxylic acids is 2. The molecule has 1 amide bonds. The van der Waals surface area contributed by atoms with Crippen LogP contribution in [0, 0.1) is 0 Å². The molecule has 4 rings (SSSR count). The molecule has 0 aliphatic carbocycles. The Bertz CT molecular complexity index is 910. The van der Waals surface area contributed by atoms with Gasteiger partial charge in [0.05, 0.1) is 13.7 Å². The fourth-order valence-corrected chi connectivity index (χ4v) is 4.37. The van der Waals surface area contributed by atoms with Crippen LogP contribution in [0.4, 0.5) is 5.69 Å². The molecule has 6 nitrogen and oxygen atoms in total. The summed E-state index contributed by atoms with van der Waals surface area (Å²) in [6, 6.07) is 15.1. The van der Waals surface area contributed by atoms with Crippen molar-refractivity contribution in [2.45, 2.75) is 19.0 Å². The Balaban J connectivity index is 1.36. The fraction of sp³-hybridized carbons (Fsp3) is 0.391. The highest BCUT2D eigenvalue weighted by molar-refractivity contribution is 6.30. The molecule has 0 aromatic heterocycles. The van der Waals surface area contributed by atoms with Gasteiger partial charge in [-0.1, -0.05) is 41.9 Å². The third-order valence-corrected chi connectivity index (χ3v) is 6.11. The van der Waals surface area contributed by atoms with Crippen molar-refractivity contribution in [3.63, 3.8) is 0 Å². The van der Waals surface area contributed by atoms with Gasteiger partial charge in [0, 0.05) is 49.9 Å². The number of hydrogen-bond donors (Lipinski definition) is 0. The number of fused-ring (bicyclic) bond motifs is 1. The number of carbonyl (C=O) groups is 2. The summed E-state index contributed by atoms with van der Waals surface area (Å²) in [6.45, 7) is 4.61. The summed E-state index contributed by atoms with van der Waals surface area (Å²) < 4.78 is 4.95. The molecule has 0 spiro atoms. The van der Waals surface area contributed by atoms with Gasteiger partial charge in [-0.2, -0.15) is 0 Å². The average molecular weight is 428 g/mol. The Morgan fingerprint density at radius 1 is 1.00 bits per heavy atom. The minimum Gasteiger partial charge on any atom is -0.467 e. The lowest BCUT2D eigenvalue weighted by Crippen LogP contribution is -2.52. The van der Waals surface area contributed by atoms with Crippen LogP contribution in [-0.2, 0) is 27.3 Å². The Labute approximate surface area is 182 Å². The van der Waals surface area contributed by atoms with Gasteiger partial charge in [-0.25, -0.2) is 4.79 Å². The van der Waals surface area contributed by atoms with E-state index in [1.54, 1.807) is 4.90 Å². The maximum atomic E-state index is 13.2. The Morgan fingerprint density at radius 3 is 2.37 bits per heavy atom. The van der Waals surface area contributed by atoms with Crippen molar-refractivity contribution in [1.82, 2.24) is 9.80 Å². The largest absolute Gasteiger partial charge is 0.467 e. The van der Waals surface area contributed by atoms with Crippen LogP contribution in [0.5, 0.6) is 0 Å². The first-order chi connectivity index (χ1) is 14.5. The first-order valence-corrected chi connectivity index (χ1v) is 10.6. The average Bonchev–Trinajstić information content (AvgIpc) is 3.16. The predicted molar refractivity (Wildman–Crippen MR) is 117 cm³/mol. The maximum absolute atomic E-state index is 13.2. The van der Waals surface area contributed by atoms with Crippen LogP contribution in [-0.4, -0.2) is 67.6 Å². The number of methoxy groups -OCH3 is 1. The lowest BCUT2D eigenvalue weighted by Gasteiger charge is -2.35. The fourth-order valence-electron chi connectivity index (χ4n) is 4.24. The van der Waals surface area contributed by atoms with E-state index in [2.05, 4.69) is 21.9 Å². The molecule has 1 atom stereocenters. The van der Waals surface area contributed by atoms with Crippen molar-refractivity contribution in [3.8, 4) is 0 Å². The molecule has 7 heteroatoms. The highest BCUT2D eigenvalue weighted by Crippen LogP contribution is 2.32. The second-order valence-corrected chi connectivity index (χ2v) is 8.25. The smallest absolute Gasteiger partial charge is 0.329 e. The molecule has 1 saturated heterocycles. The number of hydrogen-bond acceptors (Lipinski definition) is 5. The summed E-state index contributed by atoms with van der Waals surface area (Å²) in [5, 5.41) is 0.746. The van der Waals surface area contributed by atoms with E-state index in [4.69, 9.17) is 16.3 Å². The van der Waals surface area contributed by atoms with Crippen molar-refractivity contribution in [2.24, 2.45) is 0 Å². The lowest BCUT2D eigenvalue weighted by molar-refractivity contribution is -0.143. The topological polar surface area (TPSA) is 53.1 Å². The van der Waals surface area contributed by atoms with E-state index in [1.165, 1.54) is 12.7 Å². The molecule has 2 heterocycles. The third kappa shape index (κ3) is 4.51. The molecule has 2 aliphatic heterocycles. The molecule has 0 saturated carbocycles. The third-order valence-electron chi connectivity index (χ3n) is 5.86. The number of para-hydroxylation sites is 1. The van der Waals surface area contributed by atoms with Gasteiger partial charge in [0.1, 0.15) is 6.04 Å². The summed E-state index contributed by atoms with van der Waals surface area (Å²) in [6.07, 6.45) is 0.503. The van der Waals surface area contributed by atoms with Gasteiger partial charge < -0.3 is 4.74 Å². The number of esters is 1. The number of amides is 1. The molecular formula is C23H26ClN3O3. The highest BCUT2D eigenvalue weighted by atomic mass is 35.5. The van der Waals surface area contributed by atoms with Gasteiger partial charge in [-0.3, -0.25) is 19.5 Å². The van der Waals surface area contributed by atoms with Crippen LogP contribution in [0.2, 0.25) is 5.02 Å². The van der Waals surface area contributed by atoms with Gasteiger partial charge in [-0.05, 0) is 29.3 Å². The SMILES string of the molecule is COC(=O)[C@@H]1Cc2ccccc2N1C(=O)CN1CCN(Cc2ccc(Cl)cc2)CC1. The number of anilines is 1. The maximum Gasteiger partial charge on any atom is 0.329 e. The predicted octanol–water partition coefficient (Wildman–Crippen LogP) is 2.59. The van der Waals surface area contributed by atoms with Crippen LogP contribution in [0.1, 0.15) is 11.1 Å². The first-order valence-electron chi connectivity index (χ1n) is 10.2. The number of rotatable bonds is 5. The van der Waals surface area contributed by atoms with E-state index in [-0.39, 0.29) is 11.9 Å². The summed E-state index contributed by atoms with van der Waals surface area (Å²) >= 11 is 5.96. The van der Waals surface area contributed by atoms with Crippen molar-refractivity contribution >= 4 is 29.2 Å². The Morgan fingerprint density at radius 2 is 1.67 bits per heavy atom. The zero-order valence-corrected chi connectivity index (χ0v) is 17.8. The van der Waals surface area contributed by atoms with Gasteiger partial charge in [0.25, 0.3) is 0 Å². The number of ether oxygens (including phenoxy) is 1. The minimum absolute atomic E-state index is 0.0542. The molecule has 30 heavy (non-hydrogen) atoms. The number of nitrogens with zero attached hydrogens (tertiary/aromatic N) is 3. The van der Waals surface area contributed by atoms with Gasteiger partial charge in [-0.15, -0.1) is 0 Å². The molecule has 2 aliphatic rings. The van der Waals surface area contributed by atoms with Crippen molar-refractivity contribution in [3.05, 3.63) is 64.7 Å². The standard InChI is InChI=1S/C23H26ClN3O3/c1-30-23(29)21-14-18-4-2-3-5-20(18)27(21)22(28)16-26-12-10-25(11-13-26)15-17-6-8-19(24)9-7-17/h2-9,21H,10-16H2,1H3/t21-/m0/s1. The van der Waals surface area contributed by atoms with Crippen molar-refractivity contribution < 1.29 is 14.3 Å². The van der Waals surface area contributed by atoms with Gasteiger partial charge in [0.15, 0.2) is 0 Å². The van der Waals surface area contributed by atoms with E-state index in [1.807, 2.05) is 36.4 Å². The Hall–Kier alpha value is -2.41. The van der Waals surface area contributed by atoms with Crippen LogP contribution >= 0.6 is 11.6 Å². The number of benzene rings is 2. The van der Waals surface area contributed by atoms with E-state index in [0.29, 0.717) is 13.0 Å². The molecule has 1 fully saturated rings. The Kier molecular flexibility index (Phi) is 6.37. The van der Waals surface area contributed by atoms with Gasteiger partial charge in [0.2, 0.25) is 5.91 Å². The summed E-state index contributed by atoms with van der Waals surface area (Å²) in [7, 11) is 1.37. The quantitative estimate of drug-likeness (QED) is 0.686. The monoisotopic (exact) mass is 427 g/mol. The van der Waals surface area contributed by atoms with Crippen molar-refractivity contribution in [2.75, 3.05) is 44.7 Å². The zero-order chi connectivity index (χ0) is 21.1. The van der Waals surface area contributed by atoms with E-state index >= 15 is 0 Å². The second-order valence-electron chi connectivity index (χ2n) is 7.81. The van der Waals surface area contributed by atoms with Crippen LogP contribution in [0.15, 0.2) is 48.5 Å². The van der Waals surface area contributed by atoms with Crippen molar-refractivity contribution in [1.29, 1.82) is 0 Å². The van der Waals surface area contributed by atoms with E-state index in [0.717, 1.165) is 49.0 Å². The van der Waals surface area contributed by atoms with Crippen LogP contribution in [0.25, 0.3) is 0 Å². The molecule has 2 aromatic rings. The normalized spacial score (nSPS) is 19.5. The summed E-state index contributed by atoms with van der Waals surface area (Å²) in [4.78, 5) is 31.6. The van der Waals surface area contributed by atoms with Crippen LogP contribution < -0.4 is 4.90 Å². The zero-order valence-electron chi connectivity index (χ0n) is 17.1. The molecule has 158 valence electrons. The number of halogens is 1. The minimum atomic E-state index is -0.578. The molecule has 2 aromatic carbocycles. The highest BCUT2D eigenvalue weighted by Gasteiger charge is 2.39. The second kappa shape index (κ2) is 9.16. The van der Waals surface area contributed by atoms with E-state index < -0.39 is 6.04 Å². The summed E-state index contributed by atoms with van der Waals surface area (Å²) in [5.41, 5.74) is 3.06. The molecule has 0 radical (unpaired) electrons. The molecule has 0 N–H and O–H groups in total. The molecule has 0 bridgehead atoms. The van der Waals surface area contributed by atoms with E-state index in [9.17, 15) is 9.59 Å². The number of piperazine rings is 1. The molecular weight excluding hydrogens is 402 g/mol. The first kappa shape index (κ1) is 20.8.